The van der Waals surface area contributed by atoms with Crippen LogP contribution in [0.4, 0.5) is 5.69 Å². The minimum absolute atomic E-state index is 0.0487. The van der Waals surface area contributed by atoms with Crippen LogP contribution in [0.3, 0.4) is 0 Å². The number of thioether (sulfide) groups is 1. The van der Waals surface area contributed by atoms with Gasteiger partial charge in [0.1, 0.15) is 5.75 Å². The van der Waals surface area contributed by atoms with E-state index < -0.39 is 0 Å². The van der Waals surface area contributed by atoms with Crippen molar-refractivity contribution >= 4 is 34.4 Å². The number of hydrogen-bond donors (Lipinski definition) is 2. The lowest BCUT2D eigenvalue weighted by Crippen LogP contribution is -2.14. The molecule has 0 radical (unpaired) electrons. The Labute approximate surface area is 151 Å². The quantitative estimate of drug-likeness (QED) is 0.647. The Bertz CT molecular complexity index is 905. The smallest absolute Gasteiger partial charge is 0.234 e. The van der Waals surface area contributed by atoms with Crippen LogP contribution in [0, 0.1) is 13.8 Å². The molecule has 0 aliphatic heterocycles. The molecule has 0 unspecified atom stereocenters. The third-order valence-electron chi connectivity index (χ3n) is 3.74. The molecule has 2 N–H and O–H groups in total. The summed E-state index contributed by atoms with van der Waals surface area (Å²) in [5.41, 5.74) is 4.86. The fourth-order valence-electron chi connectivity index (χ4n) is 2.56. The summed E-state index contributed by atoms with van der Waals surface area (Å²) in [6.07, 6.45) is 0. The molecular weight excluding hydrogens is 334 g/mol. The molecule has 1 heterocycles. The molecule has 0 atom stereocenters. The van der Waals surface area contributed by atoms with E-state index in [4.69, 9.17) is 4.74 Å². The van der Waals surface area contributed by atoms with Gasteiger partial charge in [-0.05, 0) is 44.5 Å². The van der Waals surface area contributed by atoms with Crippen molar-refractivity contribution in [2.75, 3.05) is 17.7 Å². The third-order valence-corrected chi connectivity index (χ3v) is 4.61. The molecule has 25 heavy (non-hydrogen) atoms. The van der Waals surface area contributed by atoms with E-state index >= 15 is 0 Å². The number of ether oxygens (including phenoxy) is 1. The van der Waals surface area contributed by atoms with Gasteiger partial charge >= 0.3 is 0 Å². The van der Waals surface area contributed by atoms with Gasteiger partial charge in [-0.1, -0.05) is 29.5 Å². The molecule has 1 amide bonds. The van der Waals surface area contributed by atoms with E-state index in [0.717, 1.165) is 33.2 Å². The maximum atomic E-state index is 12.2. The number of nitrogens with one attached hydrogen (secondary N) is 2. The van der Waals surface area contributed by atoms with Gasteiger partial charge in [0.25, 0.3) is 0 Å². The summed E-state index contributed by atoms with van der Waals surface area (Å²) < 4.78 is 5.49. The van der Waals surface area contributed by atoms with Gasteiger partial charge in [0.15, 0.2) is 5.16 Å². The number of aryl methyl sites for hydroxylation is 2. The van der Waals surface area contributed by atoms with E-state index in [2.05, 4.69) is 21.4 Å². The Balaban J connectivity index is 1.62. The molecule has 0 saturated carbocycles. The zero-order chi connectivity index (χ0) is 17.8. The zero-order valence-corrected chi connectivity index (χ0v) is 15.4. The second-order valence-corrected chi connectivity index (χ2v) is 6.77. The van der Waals surface area contributed by atoms with E-state index in [9.17, 15) is 4.79 Å². The van der Waals surface area contributed by atoms with Crippen LogP contribution in [-0.2, 0) is 4.79 Å². The molecular formula is C19H21N3O2S. The fourth-order valence-corrected chi connectivity index (χ4v) is 3.25. The summed E-state index contributed by atoms with van der Waals surface area (Å²) in [7, 11) is 0. The Hall–Kier alpha value is -2.47. The molecule has 130 valence electrons. The number of aromatic amines is 1. The van der Waals surface area contributed by atoms with Crippen LogP contribution in [0.5, 0.6) is 5.75 Å². The van der Waals surface area contributed by atoms with Crippen LogP contribution in [0.25, 0.3) is 11.0 Å². The number of amides is 1. The number of fused-ring (bicyclic) bond motifs is 1. The maximum absolute atomic E-state index is 12.2. The van der Waals surface area contributed by atoms with Crippen LogP contribution in [-0.4, -0.2) is 28.2 Å². The van der Waals surface area contributed by atoms with Gasteiger partial charge in [-0.25, -0.2) is 4.98 Å². The van der Waals surface area contributed by atoms with Crippen LogP contribution < -0.4 is 10.1 Å². The number of benzene rings is 2. The summed E-state index contributed by atoms with van der Waals surface area (Å²) in [6.45, 7) is 6.60. The van der Waals surface area contributed by atoms with Crippen molar-refractivity contribution in [1.29, 1.82) is 0 Å². The monoisotopic (exact) mass is 355 g/mol. The van der Waals surface area contributed by atoms with Crippen molar-refractivity contribution in [1.82, 2.24) is 9.97 Å². The minimum Gasteiger partial charge on any atom is -0.494 e. The zero-order valence-electron chi connectivity index (χ0n) is 14.6. The highest BCUT2D eigenvalue weighted by molar-refractivity contribution is 7.99. The van der Waals surface area contributed by atoms with Crippen LogP contribution in [0.1, 0.15) is 18.1 Å². The van der Waals surface area contributed by atoms with E-state index in [1.54, 1.807) is 0 Å². The van der Waals surface area contributed by atoms with Gasteiger partial charge in [0.05, 0.1) is 23.4 Å². The number of carbonyl (C=O) groups excluding carboxylic acids is 1. The van der Waals surface area contributed by atoms with E-state index in [1.165, 1.54) is 17.3 Å². The molecule has 2 aromatic carbocycles. The normalized spacial score (nSPS) is 10.8. The highest BCUT2D eigenvalue weighted by Gasteiger charge is 2.09. The first-order chi connectivity index (χ1) is 12.0. The minimum atomic E-state index is -0.0487. The summed E-state index contributed by atoms with van der Waals surface area (Å²) in [5, 5.41) is 3.67. The Kier molecular flexibility index (Phi) is 5.28. The maximum Gasteiger partial charge on any atom is 0.234 e. The third kappa shape index (κ3) is 4.33. The van der Waals surface area contributed by atoms with Gasteiger partial charge in [-0.15, -0.1) is 0 Å². The predicted octanol–water partition coefficient (Wildman–Crippen LogP) is 4.31. The van der Waals surface area contributed by atoms with Gasteiger partial charge in [-0.2, -0.15) is 0 Å². The second kappa shape index (κ2) is 7.61. The molecule has 0 aliphatic carbocycles. The highest BCUT2D eigenvalue weighted by atomic mass is 32.2. The average Bonchev–Trinajstić information content (AvgIpc) is 2.98. The molecule has 6 heteroatoms. The van der Waals surface area contributed by atoms with Gasteiger partial charge < -0.3 is 15.0 Å². The van der Waals surface area contributed by atoms with Crippen molar-refractivity contribution < 1.29 is 9.53 Å². The molecule has 3 aromatic rings. The standard InChI is InChI=1S/C19H21N3O2S/c1-4-24-14-6-8-16-17(10-14)22-19(21-16)25-11-18(23)20-15-7-5-12(2)9-13(15)3/h5-10H,4,11H2,1-3H3,(H,20,23)(H,21,22). The first kappa shape index (κ1) is 17.4. The summed E-state index contributed by atoms with van der Waals surface area (Å²) >= 11 is 1.38. The van der Waals surface area contributed by atoms with Crippen LogP contribution in [0.15, 0.2) is 41.6 Å². The van der Waals surface area contributed by atoms with Gasteiger partial charge in [-0.3, -0.25) is 4.79 Å². The van der Waals surface area contributed by atoms with Gasteiger partial charge in [0.2, 0.25) is 5.91 Å². The molecule has 3 rings (SSSR count). The SMILES string of the molecule is CCOc1ccc2nc(SCC(=O)Nc3ccc(C)cc3C)[nH]c2c1. The largest absolute Gasteiger partial charge is 0.494 e. The van der Waals surface area contributed by atoms with Crippen molar-refractivity contribution in [3.05, 3.63) is 47.5 Å². The van der Waals surface area contributed by atoms with Crippen molar-refractivity contribution in [3.8, 4) is 5.75 Å². The van der Waals surface area contributed by atoms with Crippen molar-refractivity contribution in [2.45, 2.75) is 25.9 Å². The Morgan fingerprint density at radius 3 is 2.84 bits per heavy atom. The van der Waals surface area contributed by atoms with E-state index in [-0.39, 0.29) is 5.91 Å². The number of aromatic nitrogens is 2. The number of anilines is 1. The lowest BCUT2D eigenvalue weighted by atomic mass is 10.1. The molecule has 0 fully saturated rings. The molecule has 5 nitrogen and oxygen atoms in total. The first-order valence-corrected chi connectivity index (χ1v) is 9.16. The highest BCUT2D eigenvalue weighted by Crippen LogP contribution is 2.24. The summed E-state index contributed by atoms with van der Waals surface area (Å²) in [4.78, 5) is 19.9. The lowest BCUT2D eigenvalue weighted by molar-refractivity contribution is -0.113. The van der Waals surface area contributed by atoms with Crippen LogP contribution >= 0.6 is 11.8 Å². The average molecular weight is 355 g/mol. The predicted molar refractivity (Wildman–Crippen MR) is 103 cm³/mol. The number of carbonyl (C=O) groups is 1. The lowest BCUT2D eigenvalue weighted by Gasteiger charge is -2.08. The molecule has 1 aromatic heterocycles. The van der Waals surface area contributed by atoms with Crippen molar-refractivity contribution in [3.63, 3.8) is 0 Å². The number of rotatable bonds is 6. The number of imidazole rings is 1. The summed E-state index contributed by atoms with van der Waals surface area (Å²) in [5.74, 6) is 1.06. The van der Waals surface area contributed by atoms with E-state index in [1.807, 2.05) is 51.1 Å². The molecule has 0 aliphatic rings. The Morgan fingerprint density at radius 2 is 2.08 bits per heavy atom. The van der Waals surface area contributed by atoms with Crippen LogP contribution in [0.2, 0.25) is 0 Å². The topological polar surface area (TPSA) is 67.0 Å². The van der Waals surface area contributed by atoms with Gasteiger partial charge in [0, 0.05) is 11.8 Å². The number of nitrogens with zero attached hydrogens (tertiary/aromatic N) is 1. The van der Waals surface area contributed by atoms with E-state index in [0.29, 0.717) is 12.4 Å². The number of hydrogen-bond acceptors (Lipinski definition) is 4. The molecule has 0 spiro atoms. The molecule has 0 saturated heterocycles. The first-order valence-electron chi connectivity index (χ1n) is 8.17. The van der Waals surface area contributed by atoms with Crippen molar-refractivity contribution in [2.24, 2.45) is 0 Å². The number of H-pyrrole nitrogens is 1. The molecule has 0 bridgehead atoms. The fraction of sp³-hybridized carbons (Fsp3) is 0.263. The second-order valence-electron chi connectivity index (χ2n) is 5.81. The Morgan fingerprint density at radius 1 is 1.24 bits per heavy atom. The summed E-state index contributed by atoms with van der Waals surface area (Å²) in [6, 6.07) is 11.7.